The van der Waals surface area contributed by atoms with Gasteiger partial charge in [-0.3, -0.25) is 0 Å². The minimum Gasteiger partial charge on any atom is -0.165 e. The highest BCUT2D eigenvalue weighted by Gasteiger charge is 2.34. The molecule has 3 heteroatoms. The number of rotatable bonds is 6. The van der Waals surface area contributed by atoms with Gasteiger partial charge in [0.15, 0.2) is 0 Å². The summed E-state index contributed by atoms with van der Waals surface area (Å²) in [5.74, 6) is 5.06. The fourth-order valence-corrected chi connectivity index (χ4v) is 2.17. The molecule has 0 aliphatic rings. The zero-order valence-corrected chi connectivity index (χ0v) is 13.3. The van der Waals surface area contributed by atoms with E-state index >= 15 is 0 Å². The van der Waals surface area contributed by atoms with Crippen LogP contribution in [-0.2, 0) is 0 Å². The van der Waals surface area contributed by atoms with Crippen molar-refractivity contribution in [2.45, 2.75) is 58.5 Å². The molecular formula is C19H23F3. The van der Waals surface area contributed by atoms with Gasteiger partial charge in [0, 0.05) is 5.56 Å². The highest BCUT2D eigenvalue weighted by Crippen LogP contribution is 2.32. The summed E-state index contributed by atoms with van der Waals surface area (Å²) in [4.78, 5) is 0. The molecule has 0 aromatic heterocycles. The second kappa shape index (κ2) is 9.35. The van der Waals surface area contributed by atoms with Crippen LogP contribution in [0.5, 0.6) is 0 Å². The van der Waals surface area contributed by atoms with E-state index in [9.17, 15) is 13.2 Å². The summed E-state index contributed by atoms with van der Waals surface area (Å²) in [5.41, 5.74) is 0.424. The third kappa shape index (κ3) is 6.39. The van der Waals surface area contributed by atoms with E-state index in [0.717, 1.165) is 25.7 Å². The van der Waals surface area contributed by atoms with E-state index in [2.05, 4.69) is 11.8 Å². The Morgan fingerprint density at radius 2 is 1.50 bits per heavy atom. The van der Waals surface area contributed by atoms with Crippen molar-refractivity contribution in [1.29, 1.82) is 0 Å². The molecule has 0 N–H and O–H groups in total. The van der Waals surface area contributed by atoms with Gasteiger partial charge in [-0.2, -0.15) is 13.2 Å². The topological polar surface area (TPSA) is 0 Å². The third-order valence-corrected chi connectivity index (χ3v) is 3.41. The Morgan fingerprint density at radius 3 is 1.95 bits per heavy atom. The van der Waals surface area contributed by atoms with E-state index < -0.39 is 11.7 Å². The largest absolute Gasteiger partial charge is 0.424 e. The van der Waals surface area contributed by atoms with Gasteiger partial charge in [0.2, 0.25) is 0 Å². The zero-order chi connectivity index (χ0) is 16.4. The quantitative estimate of drug-likeness (QED) is 0.543. The van der Waals surface area contributed by atoms with Crippen LogP contribution in [0.2, 0.25) is 0 Å². The van der Waals surface area contributed by atoms with Crippen molar-refractivity contribution in [3.63, 3.8) is 0 Å². The summed E-state index contributed by atoms with van der Waals surface area (Å²) >= 11 is 0. The normalized spacial score (nSPS) is 10.8. The van der Waals surface area contributed by atoms with Crippen LogP contribution in [0.1, 0.15) is 57.9 Å². The van der Waals surface area contributed by atoms with E-state index in [4.69, 9.17) is 0 Å². The van der Waals surface area contributed by atoms with E-state index in [0.29, 0.717) is 24.0 Å². The van der Waals surface area contributed by atoms with Gasteiger partial charge < -0.3 is 0 Å². The number of hydrogen-bond donors (Lipinski definition) is 0. The SMILES string of the molecule is CCCCC(CCCC)=C(C#Cc1ccccc1)C(F)(F)F. The van der Waals surface area contributed by atoms with Gasteiger partial charge in [0.1, 0.15) is 5.57 Å². The second-order valence-corrected chi connectivity index (χ2v) is 5.30. The Balaban J connectivity index is 3.17. The minimum absolute atomic E-state index is 0.458. The molecule has 0 aliphatic heterocycles. The number of alkyl halides is 3. The monoisotopic (exact) mass is 308 g/mol. The molecule has 0 saturated heterocycles. The lowest BCUT2D eigenvalue weighted by atomic mass is 9.96. The zero-order valence-electron chi connectivity index (χ0n) is 13.3. The van der Waals surface area contributed by atoms with Crippen molar-refractivity contribution in [3.8, 4) is 11.8 Å². The first-order chi connectivity index (χ1) is 10.5. The van der Waals surface area contributed by atoms with Crippen molar-refractivity contribution in [3.05, 3.63) is 47.0 Å². The number of halogens is 3. The maximum absolute atomic E-state index is 13.4. The highest BCUT2D eigenvalue weighted by molar-refractivity contribution is 5.44. The van der Waals surface area contributed by atoms with Gasteiger partial charge in [-0.15, -0.1) is 0 Å². The maximum Gasteiger partial charge on any atom is 0.424 e. The Morgan fingerprint density at radius 1 is 0.955 bits per heavy atom. The van der Waals surface area contributed by atoms with Gasteiger partial charge in [-0.1, -0.05) is 56.7 Å². The molecule has 0 atom stereocenters. The van der Waals surface area contributed by atoms with Crippen LogP contribution < -0.4 is 0 Å². The molecule has 22 heavy (non-hydrogen) atoms. The molecule has 0 nitrogen and oxygen atoms in total. The Hall–Kier alpha value is -1.69. The fraction of sp³-hybridized carbons (Fsp3) is 0.474. The molecule has 0 unspecified atom stereocenters. The van der Waals surface area contributed by atoms with Crippen molar-refractivity contribution in [1.82, 2.24) is 0 Å². The lowest BCUT2D eigenvalue weighted by Gasteiger charge is -2.14. The van der Waals surface area contributed by atoms with Crippen LogP contribution in [0.4, 0.5) is 13.2 Å². The molecule has 0 saturated carbocycles. The van der Waals surface area contributed by atoms with Crippen LogP contribution in [0.15, 0.2) is 41.5 Å². The molecule has 1 aromatic rings. The van der Waals surface area contributed by atoms with Gasteiger partial charge in [-0.05, 0) is 43.4 Å². The van der Waals surface area contributed by atoms with Crippen LogP contribution >= 0.6 is 0 Å². The lowest BCUT2D eigenvalue weighted by molar-refractivity contribution is -0.0882. The molecule has 0 amide bonds. The molecule has 0 aliphatic carbocycles. The van der Waals surface area contributed by atoms with Crippen molar-refractivity contribution >= 4 is 0 Å². The molecule has 1 aromatic carbocycles. The third-order valence-electron chi connectivity index (χ3n) is 3.41. The predicted molar refractivity (Wildman–Crippen MR) is 85.5 cm³/mol. The summed E-state index contributed by atoms with van der Waals surface area (Å²) in [5, 5.41) is 0. The maximum atomic E-state index is 13.4. The average Bonchev–Trinajstić information content (AvgIpc) is 2.49. The molecular weight excluding hydrogens is 285 g/mol. The molecule has 0 spiro atoms. The second-order valence-electron chi connectivity index (χ2n) is 5.30. The Kier molecular flexibility index (Phi) is 7.80. The van der Waals surface area contributed by atoms with E-state index in [1.54, 1.807) is 24.3 Å². The molecule has 0 radical (unpaired) electrons. The summed E-state index contributed by atoms with van der Waals surface area (Å²) in [6.45, 7) is 3.97. The lowest BCUT2D eigenvalue weighted by Crippen LogP contribution is -2.13. The predicted octanol–water partition coefficient (Wildman–Crippen LogP) is 6.28. The van der Waals surface area contributed by atoms with Crippen LogP contribution in [0.25, 0.3) is 0 Å². The standard InChI is InChI=1S/C19H23F3/c1-3-5-12-17(13-6-4-2)18(19(20,21)22)15-14-16-10-8-7-9-11-16/h7-11H,3-6,12-13H2,1-2H3. The van der Waals surface area contributed by atoms with Gasteiger partial charge in [0.25, 0.3) is 0 Å². The van der Waals surface area contributed by atoms with E-state index in [-0.39, 0.29) is 0 Å². The van der Waals surface area contributed by atoms with Crippen LogP contribution in [0.3, 0.4) is 0 Å². The summed E-state index contributed by atoms with van der Waals surface area (Å²) in [6.07, 6.45) is -0.112. The molecule has 0 bridgehead atoms. The van der Waals surface area contributed by atoms with Gasteiger partial charge in [0.05, 0.1) is 0 Å². The number of hydrogen-bond acceptors (Lipinski definition) is 0. The first-order valence-electron chi connectivity index (χ1n) is 7.85. The summed E-state index contributed by atoms with van der Waals surface area (Å²) < 4.78 is 40.1. The first-order valence-corrected chi connectivity index (χ1v) is 7.85. The summed E-state index contributed by atoms with van der Waals surface area (Å²) in [7, 11) is 0. The fourth-order valence-electron chi connectivity index (χ4n) is 2.17. The van der Waals surface area contributed by atoms with Gasteiger partial charge in [-0.25, -0.2) is 0 Å². The van der Waals surface area contributed by atoms with E-state index in [1.807, 2.05) is 19.9 Å². The number of unbranched alkanes of at least 4 members (excludes halogenated alkanes) is 2. The Labute approximate surface area is 131 Å². The minimum atomic E-state index is -4.38. The number of benzene rings is 1. The average molecular weight is 308 g/mol. The summed E-state index contributed by atoms with van der Waals surface area (Å²) in [6, 6.07) is 8.81. The first kappa shape index (κ1) is 18.4. The van der Waals surface area contributed by atoms with Crippen LogP contribution in [-0.4, -0.2) is 6.18 Å². The smallest absolute Gasteiger partial charge is 0.165 e. The number of allylic oxidation sites excluding steroid dienone is 2. The van der Waals surface area contributed by atoms with Crippen molar-refractivity contribution in [2.75, 3.05) is 0 Å². The molecule has 120 valence electrons. The Bertz CT molecular complexity index is 517. The molecule has 0 fully saturated rings. The van der Waals surface area contributed by atoms with E-state index in [1.165, 1.54) is 0 Å². The highest BCUT2D eigenvalue weighted by atomic mass is 19.4. The van der Waals surface area contributed by atoms with Gasteiger partial charge >= 0.3 is 6.18 Å². The molecule has 0 heterocycles. The molecule has 1 rings (SSSR count). The van der Waals surface area contributed by atoms with Crippen molar-refractivity contribution in [2.24, 2.45) is 0 Å². The van der Waals surface area contributed by atoms with Crippen LogP contribution in [0, 0.1) is 11.8 Å². The van der Waals surface area contributed by atoms with Crippen molar-refractivity contribution < 1.29 is 13.2 Å².